The van der Waals surface area contributed by atoms with Crippen LogP contribution >= 0.6 is 35.8 Å². The number of carbonyl (C=O) groups is 2. The third-order valence-corrected chi connectivity index (χ3v) is 7.89. The zero-order chi connectivity index (χ0) is 24.7. The zero-order valence-electron chi connectivity index (χ0n) is 19.0. The summed E-state index contributed by atoms with van der Waals surface area (Å²) in [7, 11) is 1.86. The Morgan fingerprint density at radius 1 is 1.14 bits per heavy atom. The lowest BCUT2D eigenvalue weighted by Gasteiger charge is -2.45. The number of hydrogen-bond donors (Lipinski definition) is 2. The molecule has 4 heterocycles. The van der Waals surface area contributed by atoms with Crippen LogP contribution in [0.2, 0.25) is 5.02 Å². The predicted molar refractivity (Wildman–Crippen MR) is 140 cm³/mol. The van der Waals surface area contributed by atoms with Gasteiger partial charge >= 0.3 is 0 Å². The molecule has 0 spiro atoms. The molecule has 0 saturated carbocycles. The summed E-state index contributed by atoms with van der Waals surface area (Å²) in [5, 5.41) is 11.8. The maximum atomic E-state index is 13.7. The Hall–Kier alpha value is -3.14. The average molecular weight is 524 g/mol. The predicted octanol–water partition coefficient (Wildman–Crippen LogP) is 5.26. The number of rotatable bonds is 5. The van der Waals surface area contributed by atoms with E-state index in [2.05, 4.69) is 23.2 Å². The first-order valence-corrected chi connectivity index (χ1v) is 12.6. The fourth-order valence-corrected chi connectivity index (χ4v) is 5.82. The molecule has 5 rings (SSSR count). The van der Waals surface area contributed by atoms with Crippen LogP contribution in [-0.4, -0.2) is 30.8 Å². The number of amides is 1. The largest absolute Gasteiger partial charge is 0.323 e. The Labute approximate surface area is 217 Å². The second kappa shape index (κ2) is 9.14. The van der Waals surface area contributed by atoms with E-state index in [4.69, 9.17) is 16.6 Å². The van der Waals surface area contributed by atoms with Crippen molar-refractivity contribution in [2.24, 2.45) is 7.05 Å². The van der Waals surface area contributed by atoms with Crippen molar-refractivity contribution in [3.63, 3.8) is 0 Å². The molecule has 0 aliphatic carbocycles. The number of carbonyl (C=O) groups excluding carboxylic acids is 2. The Morgan fingerprint density at radius 3 is 2.63 bits per heavy atom. The molecule has 0 bridgehead atoms. The van der Waals surface area contributed by atoms with Gasteiger partial charge in [-0.05, 0) is 53.1 Å². The summed E-state index contributed by atoms with van der Waals surface area (Å²) in [6.07, 6.45) is 0.00795. The highest BCUT2D eigenvalue weighted by atomic mass is 35.5. The topological polar surface area (TPSA) is 80.1 Å². The summed E-state index contributed by atoms with van der Waals surface area (Å²) in [6, 6.07) is 16.2. The number of Topliss-reactive ketones (excluding diaryl/α,β-unsaturated/α-hetero) is 1. The van der Waals surface area contributed by atoms with E-state index in [1.54, 1.807) is 28.9 Å². The van der Waals surface area contributed by atoms with E-state index < -0.39 is 17.4 Å². The number of ketones is 1. The van der Waals surface area contributed by atoms with Gasteiger partial charge in [-0.25, -0.2) is 4.98 Å². The molecule has 10 heteroatoms. The summed E-state index contributed by atoms with van der Waals surface area (Å²) in [5.41, 5.74) is 1.61. The highest BCUT2D eigenvalue weighted by Crippen LogP contribution is 2.48. The van der Waals surface area contributed by atoms with Crippen LogP contribution in [0.3, 0.4) is 0 Å². The smallest absolute Gasteiger partial charge is 0.248 e. The van der Waals surface area contributed by atoms with Crippen LogP contribution in [0.25, 0.3) is 0 Å². The summed E-state index contributed by atoms with van der Waals surface area (Å²) >= 11 is 12.5. The first kappa shape index (κ1) is 23.6. The van der Waals surface area contributed by atoms with Crippen LogP contribution in [0.1, 0.15) is 34.9 Å². The van der Waals surface area contributed by atoms with Gasteiger partial charge in [-0.15, -0.1) is 0 Å². The monoisotopic (exact) mass is 523 g/mol. The maximum absolute atomic E-state index is 13.7. The number of hydrogen-bond acceptors (Lipinski definition) is 7. The molecule has 1 saturated heterocycles. The molecule has 2 unspecified atom stereocenters. The van der Waals surface area contributed by atoms with Crippen molar-refractivity contribution < 1.29 is 9.59 Å². The number of thiophene rings is 1. The number of anilines is 2. The van der Waals surface area contributed by atoms with Gasteiger partial charge in [0.15, 0.2) is 11.6 Å². The number of thiol groups is 1. The highest BCUT2D eigenvalue weighted by molar-refractivity contribution is 7.78. The summed E-state index contributed by atoms with van der Waals surface area (Å²) in [5.74, 6) is -0.503. The molecule has 7 nitrogen and oxygen atoms in total. The summed E-state index contributed by atoms with van der Waals surface area (Å²) in [6.45, 7) is 1.96. The summed E-state index contributed by atoms with van der Waals surface area (Å²) in [4.78, 5) is 32.1. The zero-order valence-corrected chi connectivity index (χ0v) is 21.4. The van der Waals surface area contributed by atoms with Crippen molar-refractivity contribution in [3.8, 4) is 0 Å². The van der Waals surface area contributed by atoms with Crippen molar-refractivity contribution in [2.45, 2.75) is 24.8 Å². The minimum absolute atomic E-state index is 0.00795. The van der Waals surface area contributed by atoms with E-state index in [9.17, 15) is 9.59 Å². The minimum atomic E-state index is -1.17. The van der Waals surface area contributed by atoms with Crippen molar-refractivity contribution in [2.75, 3.05) is 5.32 Å². The number of piperidine rings is 1. The van der Waals surface area contributed by atoms with E-state index in [1.165, 1.54) is 15.6 Å². The van der Waals surface area contributed by atoms with Gasteiger partial charge in [-0.2, -0.15) is 16.4 Å². The highest BCUT2D eigenvalue weighted by Gasteiger charge is 2.53. The molecular weight excluding hydrogens is 502 g/mol. The minimum Gasteiger partial charge on any atom is -0.323 e. The molecule has 1 fully saturated rings. The SMILES string of the molecule is Cc1cc(Nc2cccc(C3(c4ccsc4)CC(=O)C(c4ccccc4Cl)C(=O)N3S)n2)nn1C. The Balaban J connectivity index is 1.59. The van der Waals surface area contributed by atoms with Gasteiger partial charge in [0.2, 0.25) is 5.91 Å². The van der Waals surface area contributed by atoms with E-state index >= 15 is 0 Å². The molecular formula is C25H22ClN5O2S2. The van der Waals surface area contributed by atoms with Gasteiger partial charge in [-0.1, -0.05) is 48.7 Å². The van der Waals surface area contributed by atoms with Crippen molar-refractivity contribution in [1.29, 1.82) is 0 Å². The van der Waals surface area contributed by atoms with Crippen molar-refractivity contribution >= 4 is 59.1 Å². The number of halogens is 1. The second-order valence-corrected chi connectivity index (χ2v) is 10.0. The Morgan fingerprint density at radius 2 is 1.94 bits per heavy atom. The molecule has 1 amide bonds. The molecule has 2 atom stereocenters. The lowest BCUT2D eigenvalue weighted by molar-refractivity contribution is -0.142. The van der Waals surface area contributed by atoms with E-state index in [0.717, 1.165) is 11.3 Å². The Kier molecular flexibility index (Phi) is 6.16. The molecule has 3 aromatic heterocycles. The van der Waals surface area contributed by atoms with Crippen LogP contribution in [0.5, 0.6) is 0 Å². The molecule has 1 N–H and O–H groups in total. The normalized spacial score (nSPS) is 20.3. The number of nitrogens with one attached hydrogen (secondary N) is 1. The lowest BCUT2D eigenvalue weighted by Crippen LogP contribution is -2.54. The van der Waals surface area contributed by atoms with Crippen LogP contribution in [-0.2, 0) is 22.2 Å². The van der Waals surface area contributed by atoms with Gasteiger partial charge in [-0.3, -0.25) is 18.6 Å². The first-order valence-electron chi connectivity index (χ1n) is 10.9. The lowest BCUT2D eigenvalue weighted by atomic mass is 9.75. The van der Waals surface area contributed by atoms with Crippen molar-refractivity contribution in [3.05, 3.63) is 92.9 Å². The standard InChI is InChI=1S/C25H22ClN5O2S2/c1-15-12-22(29-30(15)2)28-21-9-5-8-20(27-21)25(16-10-11-35-14-16)13-19(32)23(24(33)31(25)34)17-6-3-4-7-18(17)26/h3-12,14,23,34H,13H2,1-2H3,(H,27,28,29). The van der Waals surface area contributed by atoms with Crippen LogP contribution < -0.4 is 5.32 Å². The first-order chi connectivity index (χ1) is 16.8. The number of aryl methyl sites for hydroxylation is 2. The van der Waals surface area contributed by atoms with E-state index in [-0.39, 0.29) is 12.2 Å². The fraction of sp³-hybridized carbons (Fsp3) is 0.200. The van der Waals surface area contributed by atoms with Crippen molar-refractivity contribution in [1.82, 2.24) is 19.1 Å². The Bertz CT molecular complexity index is 1400. The third kappa shape index (κ3) is 4.03. The molecule has 1 aliphatic rings. The average Bonchev–Trinajstić information content (AvgIpc) is 3.48. The number of benzene rings is 1. The van der Waals surface area contributed by atoms with Crippen LogP contribution in [0.15, 0.2) is 65.4 Å². The van der Waals surface area contributed by atoms with Gasteiger partial charge < -0.3 is 5.32 Å². The molecule has 35 heavy (non-hydrogen) atoms. The van der Waals surface area contributed by atoms with Crippen LogP contribution in [0, 0.1) is 6.92 Å². The molecule has 1 aliphatic heterocycles. The molecule has 178 valence electrons. The number of aromatic nitrogens is 3. The third-order valence-electron chi connectivity index (χ3n) is 6.33. The number of nitrogens with zero attached hydrogens (tertiary/aromatic N) is 4. The van der Waals surface area contributed by atoms with E-state index in [0.29, 0.717) is 27.9 Å². The van der Waals surface area contributed by atoms with Crippen LogP contribution in [0.4, 0.5) is 11.6 Å². The molecule has 1 aromatic carbocycles. The van der Waals surface area contributed by atoms with Gasteiger partial charge in [0.1, 0.15) is 17.3 Å². The number of pyridine rings is 1. The van der Waals surface area contributed by atoms with E-state index in [1.807, 2.05) is 55.1 Å². The molecule has 4 aromatic rings. The van der Waals surface area contributed by atoms with Gasteiger partial charge in [0.25, 0.3) is 0 Å². The molecule has 0 radical (unpaired) electrons. The summed E-state index contributed by atoms with van der Waals surface area (Å²) < 4.78 is 3.11. The maximum Gasteiger partial charge on any atom is 0.248 e. The van der Waals surface area contributed by atoms with Gasteiger partial charge in [0, 0.05) is 30.3 Å². The van der Waals surface area contributed by atoms with Gasteiger partial charge in [0.05, 0.1) is 5.69 Å². The fourth-order valence-electron chi connectivity index (χ4n) is 4.45. The second-order valence-electron chi connectivity index (χ2n) is 8.45. The quantitative estimate of drug-likeness (QED) is 0.276.